The Balaban J connectivity index is 1.81. The van der Waals surface area contributed by atoms with Crippen molar-refractivity contribution in [2.24, 2.45) is 0 Å². The van der Waals surface area contributed by atoms with E-state index in [1.807, 2.05) is 0 Å². The number of aromatic carboxylic acids is 1. The van der Waals surface area contributed by atoms with E-state index in [1.165, 1.54) is 27.4 Å². The van der Waals surface area contributed by atoms with Crippen LogP contribution in [0, 0.1) is 6.92 Å². The molecule has 1 aliphatic heterocycles. The lowest BCUT2D eigenvalue weighted by Crippen LogP contribution is -2.34. The fourth-order valence-electron chi connectivity index (χ4n) is 3.33. The van der Waals surface area contributed by atoms with Crippen LogP contribution in [0.15, 0.2) is 30.3 Å². The van der Waals surface area contributed by atoms with Crippen LogP contribution in [0.2, 0.25) is 0 Å². The molecule has 0 aromatic heterocycles. The summed E-state index contributed by atoms with van der Waals surface area (Å²) in [4.78, 5) is 24.2. The molecular formula is C21H23NO7. The number of carboxylic acids is 1. The van der Waals surface area contributed by atoms with E-state index in [-0.39, 0.29) is 18.0 Å². The molecule has 0 amide bonds. The highest BCUT2D eigenvalue weighted by atomic mass is 16.5. The van der Waals surface area contributed by atoms with E-state index >= 15 is 0 Å². The van der Waals surface area contributed by atoms with Gasteiger partial charge in [0.15, 0.2) is 17.3 Å². The summed E-state index contributed by atoms with van der Waals surface area (Å²) >= 11 is 0. The van der Waals surface area contributed by atoms with Gasteiger partial charge in [-0.05, 0) is 36.2 Å². The van der Waals surface area contributed by atoms with Gasteiger partial charge in [0, 0.05) is 5.56 Å². The van der Waals surface area contributed by atoms with Crippen molar-refractivity contribution in [1.82, 2.24) is 5.32 Å². The number of hydrogen-bond acceptors (Lipinski definition) is 7. The van der Waals surface area contributed by atoms with Gasteiger partial charge in [-0.25, -0.2) is 4.79 Å². The zero-order chi connectivity index (χ0) is 21.1. The van der Waals surface area contributed by atoms with Crippen molar-refractivity contribution in [1.29, 1.82) is 0 Å². The van der Waals surface area contributed by atoms with E-state index < -0.39 is 18.2 Å². The number of carbonyl (C=O) groups is 2. The monoisotopic (exact) mass is 401 g/mol. The number of ether oxygens (including phenoxy) is 4. The summed E-state index contributed by atoms with van der Waals surface area (Å²) in [6.45, 7) is 1.90. The first-order valence-electron chi connectivity index (χ1n) is 8.95. The SMILES string of the molecule is COc1cc(C(=O)C2COC(c3ccc(C(=O)O)c(C)c3)N2)cc(OC)c1OC. The van der Waals surface area contributed by atoms with Gasteiger partial charge in [0.2, 0.25) is 5.75 Å². The third-order valence-electron chi connectivity index (χ3n) is 4.83. The normalized spacial score (nSPS) is 18.3. The molecule has 2 aromatic rings. The number of ketones is 1. The first kappa shape index (κ1) is 20.6. The summed E-state index contributed by atoms with van der Waals surface area (Å²) in [5.74, 6) is 0.0422. The Morgan fingerprint density at radius 1 is 1.07 bits per heavy atom. The molecule has 1 fully saturated rings. The fourth-order valence-corrected chi connectivity index (χ4v) is 3.33. The Morgan fingerprint density at radius 3 is 2.24 bits per heavy atom. The molecule has 0 spiro atoms. The van der Waals surface area contributed by atoms with Crippen molar-refractivity contribution in [3.8, 4) is 17.2 Å². The maximum absolute atomic E-state index is 13.0. The Bertz CT molecular complexity index is 916. The number of benzene rings is 2. The number of carbonyl (C=O) groups excluding carboxylic acids is 1. The largest absolute Gasteiger partial charge is 0.493 e. The molecule has 2 aromatic carbocycles. The van der Waals surface area contributed by atoms with Gasteiger partial charge >= 0.3 is 5.97 Å². The van der Waals surface area contributed by atoms with Crippen LogP contribution < -0.4 is 19.5 Å². The number of methoxy groups -OCH3 is 3. The van der Waals surface area contributed by atoms with Gasteiger partial charge in [-0.3, -0.25) is 10.1 Å². The first-order valence-corrected chi connectivity index (χ1v) is 8.95. The summed E-state index contributed by atoms with van der Waals surface area (Å²) in [5.41, 5.74) is 2.02. The van der Waals surface area contributed by atoms with E-state index in [1.54, 1.807) is 31.2 Å². The van der Waals surface area contributed by atoms with Gasteiger partial charge in [-0.15, -0.1) is 0 Å². The molecule has 1 heterocycles. The van der Waals surface area contributed by atoms with Crippen LogP contribution in [-0.2, 0) is 4.74 Å². The van der Waals surface area contributed by atoms with Crippen molar-refractivity contribution in [3.05, 3.63) is 52.6 Å². The van der Waals surface area contributed by atoms with Crippen LogP contribution in [-0.4, -0.2) is 50.8 Å². The molecule has 0 radical (unpaired) electrons. The molecule has 0 saturated carbocycles. The van der Waals surface area contributed by atoms with Crippen LogP contribution in [0.5, 0.6) is 17.2 Å². The number of nitrogens with one attached hydrogen (secondary N) is 1. The highest BCUT2D eigenvalue weighted by Crippen LogP contribution is 2.38. The second-order valence-electron chi connectivity index (χ2n) is 6.59. The van der Waals surface area contributed by atoms with Gasteiger partial charge in [-0.1, -0.05) is 12.1 Å². The van der Waals surface area contributed by atoms with Crippen molar-refractivity contribution < 1.29 is 33.6 Å². The number of rotatable bonds is 7. The lowest BCUT2D eigenvalue weighted by molar-refractivity contribution is 0.0695. The van der Waals surface area contributed by atoms with Gasteiger partial charge < -0.3 is 24.1 Å². The van der Waals surface area contributed by atoms with E-state index in [9.17, 15) is 9.59 Å². The standard InChI is InChI=1S/C21H23NO7/c1-11-7-12(5-6-14(11)21(24)25)20-22-15(10-29-20)18(23)13-8-16(26-2)19(28-4)17(9-13)27-3/h5-9,15,20,22H,10H2,1-4H3,(H,24,25). The van der Waals surface area contributed by atoms with Gasteiger partial charge in [-0.2, -0.15) is 0 Å². The van der Waals surface area contributed by atoms with E-state index in [0.29, 0.717) is 28.4 Å². The predicted molar refractivity (Wildman–Crippen MR) is 104 cm³/mol. The molecule has 8 heteroatoms. The quantitative estimate of drug-likeness (QED) is 0.683. The molecule has 2 N–H and O–H groups in total. The smallest absolute Gasteiger partial charge is 0.335 e. The van der Waals surface area contributed by atoms with Crippen LogP contribution in [0.25, 0.3) is 0 Å². The molecule has 154 valence electrons. The van der Waals surface area contributed by atoms with Crippen LogP contribution in [0.1, 0.15) is 38.1 Å². The average molecular weight is 401 g/mol. The molecule has 2 unspecified atom stereocenters. The molecule has 1 saturated heterocycles. The summed E-state index contributed by atoms with van der Waals surface area (Å²) < 4.78 is 21.6. The highest BCUT2D eigenvalue weighted by Gasteiger charge is 2.32. The molecule has 3 rings (SSSR count). The summed E-state index contributed by atoms with van der Waals surface area (Å²) in [7, 11) is 4.47. The minimum Gasteiger partial charge on any atom is -0.493 e. The maximum Gasteiger partial charge on any atom is 0.335 e. The number of aryl methyl sites for hydroxylation is 1. The lowest BCUT2D eigenvalue weighted by atomic mass is 10.0. The molecular weight excluding hydrogens is 378 g/mol. The molecule has 29 heavy (non-hydrogen) atoms. The second-order valence-corrected chi connectivity index (χ2v) is 6.59. The third-order valence-corrected chi connectivity index (χ3v) is 4.83. The average Bonchev–Trinajstić information content (AvgIpc) is 3.21. The third kappa shape index (κ3) is 4.03. The minimum absolute atomic E-state index is 0.175. The maximum atomic E-state index is 13.0. The van der Waals surface area contributed by atoms with E-state index in [0.717, 1.165) is 5.56 Å². The van der Waals surface area contributed by atoms with Gasteiger partial charge in [0.1, 0.15) is 6.23 Å². The summed E-state index contributed by atoms with van der Waals surface area (Å²) in [6.07, 6.45) is -0.507. The van der Waals surface area contributed by atoms with Crippen molar-refractivity contribution in [2.75, 3.05) is 27.9 Å². The Hall–Kier alpha value is -3.10. The molecule has 2 atom stereocenters. The molecule has 0 aliphatic carbocycles. The Labute approximate surface area is 168 Å². The van der Waals surface area contributed by atoms with Crippen LogP contribution >= 0.6 is 0 Å². The van der Waals surface area contributed by atoms with Crippen LogP contribution in [0.3, 0.4) is 0 Å². The zero-order valence-electron chi connectivity index (χ0n) is 16.6. The van der Waals surface area contributed by atoms with Gasteiger partial charge in [0.25, 0.3) is 0 Å². The minimum atomic E-state index is -0.982. The number of carboxylic acid groups (broad SMARTS) is 1. The zero-order valence-corrected chi connectivity index (χ0v) is 16.6. The number of Topliss-reactive ketones (excluding diaryl/α,β-unsaturated/α-hetero) is 1. The molecule has 0 bridgehead atoms. The van der Waals surface area contributed by atoms with E-state index in [4.69, 9.17) is 24.1 Å². The predicted octanol–water partition coefficient (Wildman–Crippen LogP) is 2.59. The highest BCUT2D eigenvalue weighted by molar-refractivity contribution is 6.01. The van der Waals surface area contributed by atoms with Crippen molar-refractivity contribution in [2.45, 2.75) is 19.2 Å². The van der Waals surface area contributed by atoms with Gasteiger partial charge in [0.05, 0.1) is 39.5 Å². The lowest BCUT2D eigenvalue weighted by Gasteiger charge is -2.16. The Kier molecular flexibility index (Phi) is 6.05. The summed E-state index contributed by atoms with van der Waals surface area (Å²) in [6, 6.07) is 7.59. The second kappa shape index (κ2) is 8.50. The van der Waals surface area contributed by atoms with Crippen LogP contribution in [0.4, 0.5) is 0 Å². The van der Waals surface area contributed by atoms with E-state index in [2.05, 4.69) is 5.32 Å². The summed E-state index contributed by atoms with van der Waals surface area (Å²) in [5, 5.41) is 12.3. The van der Waals surface area contributed by atoms with Crippen molar-refractivity contribution in [3.63, 3.8) is 0 Å². The molecule has 1 aliphatic rings. The molecule has 8 nitrogen and oxygen atoms in total. The first-order chi connectivity index (χ1) is 13.9. The topological polar surface area (TPSA) is 103 Å². The fraction of sp³-hybridized carbons (Fsp3) is 0.333. The Morgan fingerprint density at radius 2 is 1.72 bits per heavy atom. The number of hydrogen-bond donors (Lipinski definition) is 2. The van der Waals surface area contributed by atoms with Crippen molar-refractivity contribution >= 4 is 11.8 Å².